The van der Waals surface area contributed by atoms with E-state index in [9.17, 15) is 9.90 Å². The number of aromatic nitrogens is 1. The molecule has 6 heteroatoms. The van der Waals surface area contributed by atoms with Gasteiger partial charge < -0.3 is 15.2 Å². The number of likely N-dealkylation sites (tertiary alicyclic amines) is 1. The molecule has 0 spiro atoms. The smallest absolute Gasteiger partial charge is 0.252 e. The molecule has 1 saturated heterocycles. The molecule has 0 unspecified atom stereocenters. The third-order valence-electron chi connectivity index (χ3n) is 6.67. The van der Waals surface area contributed by atoms with E-state index >= 15 is 0 Å². The lowest BCUT2D eigenvalue weighted by Crippen LogP contribution is -2.48. The van der Waals surface area contributed by atoms with E-state index in [1.807, 2.05) is 49.4 Å². The fraction of sp³-hybridized carbons (Fsp3) is 0.360. The van der Waals surface area contributed by atoms with Crippen LogP contribution in [0, 0.1) is 6.92 Å². The SMILES string of the molecule is Cc1ccc(OC[C@@H]2CCN2C)cc1C(=O)NC1(c2cccc3nc(O)ccc23)CC1. The molecule has 31 heavy (non-hydrogen) atoms. The van der Waals surface area contributed by atoms with Crippen molar-refractivity contribution in [1.82, 2.24) is 15.2 Å². The largest absolute Gasteiger partial charge is 0.493 e. The zero-order chi connectivity index (χ0) is 21.6. The molecule has 2 aromatic carbocycles. The van der Waals surface area contributed by atoms with Crippen LogP contribution in [0.2, 0.25) is 0 Å². The van der Waals surface area contributed by atoms with Crippen LogP contribution in [0.4, 0.5) is 0 Å². The quantitative estimate of drug-likeness (QED) is 0.639. The van der Waals surface area contributed by atoms with Crippen LogP contribution >= 0.6 is 0 Å². The van der Waals surface area contributed by atoms with Gasteiger partial charge in [-0.2, -0.15) is 0 Å². The third kappa shape index (κ3) is 3.72. The first kappa shape index (κ1) is 19.8. The summed E-state index contributed by atoms with van der Waals surface area (Å²) in [4.78, 5) is 19.8. The molecule has 1 aliphatic carbocycles. The highest BCUT2D eigenvalue weighted by atomic mass is 16.5. The number of likely N-dealkylation sites (N-methyl/N-ethyl adjacent to an activating group) is 1. The van der Waals surface area contributed by atoms with E-state index in [1.54, 1.807) is 6.07 Å². The molecule has 5 rings (SSSR count). The predicted octanol–water partition coefficient (Wildman–Crippen LogP) is 3.75. The molecule has 2 fully saturated rings. The second-order valence-corrected chi connectivity index (χ2v) is 8.79. The van der Waals surface area contributed by atoms with Gasteiger partial charge in [-0.3, -0.25) is 9.69 Å². The Morgan fingerprint density at radius 2 is 2.10 bits per heavy atom. The van der Waals surface area contributed by atoms with Gasteiger partial charge >= 0.3 is 0 Å². The monoisotopic (exact) mass is 417 g/mol. The van der Waals surface area contributed by atoms with Gasteiger partial charge in [0.05, 0.1) is 11.1 Å². The summed E-state index contributed by atoms with van der Waals surface area (Å²) in [6.07, 6.45) is 2.90. The lowest BCUT2D eigenvalue weighted by atomic mass is 9.98. The highest BCUT2D eigenvalue weighted by Gasteiger charge is 2.46. The molecule has 160 valence electrons. The van der Waals surface area contributed by atoms with Gasteiger partial charge in [-0.15, -0.1) is 0 Å². The van der Waals surface area contributed by atoms with Gasteiger partial charge in [-0.05, 0) is 75.2 Å². The number of aryl methyl sites for hydroxylation is 1. The molecular formula is C25H27N3O3. The Morgan fingerprint density at radius 3 is 2.81 bits per heavy atom. The second-order valence-electron chi connectivity index (χ2n) is 8.79. The number of nitrogens with one attached hydrogen (secondary N) is 1. The number of nitrogens with zero attached hydrogens (tertiary/aromatic N) is 2. The van der Waals surface area contributed by atoms with E-state index in [0.29, 0.717) is 18.2 Å². The van der Waals surface area contributed by atoms with Gasteiger partial charge in [0.15, 0.2) is 0 Å². The highest BCUT2D eigenvalue weighted by molar-refractivity contribution is 5.97. The van der Waals surface area contributed by atoms with Crippen molar-refractivity contribution < 1.29 is 14.6 Å². The van der Waals surface area contributed by atoms with Gasteiger partial charge in [-0.1, -0.05) is 18.2 Å². The lowest BCUT2D eigenvalue weighted by Gasteiger charge is -2.37. The normalized spacial score (nSPS) is 19.6. The zero-order valence-corrected chi connectivity index (χ0v) is 17.9. The highest BCUT2D eigenvalue weighted by Crippen LogP contribution is 2.48. The van der Waals surface area contributed by atoms with Crippen LogP contribution in [0.25, 0.3) is 10.9 Å². The molecule has 1 atom stereocenters. The molecule has 6 nitrogen and oxygen atoms in total. The summed E-state index contributed by atoms with van der Waals surface area (Å²) in [7, 11) is 2.10. The van der Waals surface area contributed by atoms with Crippen LogP contribution in [0.5, 0.6) is 11.6 Å². The third-order valence-corrected chi connectivity index (χ3v) is 6.67. The van der Waals surface area contributed by atoms with Crippen molar-refractivity contribution in [3.63, 3.8) is 0 Å². The predicted molar refractivity (Wildman–Crippen MR) is 119 cm³/mol. The molecule has 1 aromatic heterocycles. The Bertz CT molecular complexity index is 1160. The zero-order valence-electron chi connectivity index (χ0n) is 17.9. The molecule has 1 aliphatic heterocycles. The van der Waals surface area contributed by atoms with Crippen LogP contribution < -0.4 is 10.1 Å². The Balaban J connectivity index is 1.37. The number of carbonyl (C=O) groups excluding carboxylic acids is 1. The number of amides is 1. The Kier molecular flexibility index (Phi) is 4.82. The van der Waals surface area contributed by atoms with Crippen molar-refractivity contribution in [3.8, 4) is 11.6 Å². The average molecular weight is 418 g/mol. The first-order valence-corrected chi connectivity index (χ1v) is 10.8. The molecular weight excluding hydrogens is 390 g/mol. The minimum Gasteiger partial charge on any atom is -0.493 e. The van der Waals surface area contributed by atoms with Crippen molar-refractivity contribution in [1.29, 1.82) is 0 Å². The summed E-state index contributed by atoms with van der Waals surface area (Å²) in [5.41, 5.74) is 2.94. The lowest BCUT2D eigenvalue weighted by molar-refractivity contribution is 0.0767. The summed E-state index contributed by atoms with van der Waals surface area (Å²) in [6, 6.07) is 15.5. The van der Waals surface area contributed by atoms with Crippen molar-refractivity contribution in [2.45, 2.75) is 37.8 Å². The number of fused-ring (bicyclic) bond motifs is 1. The molecule has 1 saturated carbocycles. The van der Waals surface area contributed by atoms with Crippen molar-refractivity contribution in [2.24, 2.45) is 0 Å². The Morgan fingerprint density at radius 1 is 1.26 bits per heavy atom. The number of rotatable bonds is 6. The Hall–Kier alpha value is -3.12. The second kappa shape index (κ2) is 7.54. The van der Waals surface area contributed by atoms with Gasteiger partial charge in [0.2, 0.25) is 5.88 Å². The van der Waals surface area contributed by atoms with Crippen LogP contribution in [0.15, 0.2) is 48.5 Å². The molecule has 2 aliphatic rings. The summed E-state index contributed by atoms with van der Waals surface area (Å²) in [5, 5.41) is 13.9. The molecule has 0 radical (unpaired) electrons. The molecule has 3 aromatic rings. The number of ether oxygens (including phenoxy) is 1. The van der Waals surface area contributed by atoms with Gasteiger partial charge in [0, 0.05) is 23.1 Å². The topological polar surface area (TPSA) is 74.7 Å². The molecule has 0 bridgehead atoms. The summed E-state index contributed by atoms with van der Waals surface area (Å²) < 4.78 is 5.97. The van der Waals surface area contributed by atoms with Crippen LogP contribution in [0.3, 0.4) is 0 Å². The van der Waals surface area contributed by atoms with Crippen molar-refractivity contribution in [2.75, 3.05) is 20.2 Å². The maximum Gasteiger partial charge on any atom is 0.252 e. The first-order chi connectivity index (χ1) is 14.9. The molecule has 2 N–H and O–H groups in total. The average Bonchev–Trinajstić information content (AvgIpc) is 3.53. The van der Waals surface area contributed by atoms with Gasteiger partial charge in [0.1, 0.15) is 12.4 Å². The standard InChI is InChI=1S/C25H27N3O3/c1-16-6-7-18(31-15-17-10-13-28(17)2)14-20(16)24(30)27-25(11-12-25)21-4-3-5-22-19(21)8-9-23(29)26-22/h3-9,14,17H,10-13,15H2,1-2H3,(H,26,29)(H,27,30)/t17-/m0/s1. The van der Waals surface area contributed by atoms with E-state index in [2.05, 4.69) is 22.2 Å². The fourth-order valence-electron chi connectivity index (χ4n) is 4.34. The minimum atomic E-state index is -0.396. The van der Waals surface area contributed by atoms with Crippen LogP contribution in [0.1, 0.15) is 40.7 Å². The first-order valence-electron chi connectivity index (χ1n) is 10.8. The number of hydrogen-bond donors (Lipinski definition) is 2. The number of aromatic hydroxyl groups is 1. The van der Waals surface area contributed by atoms with Crippen LogP contribution in [-0.2, 0) is 5.54 Å². The van der Waals surface area contributed by atoms with Crippen molar-refractivity contribution in [3.05, 3.63) is 65.2 Å². The number of carbonyl (C=O) groups is 1. The van der Waals surface area contributed by atoms with E-state index in [-0.39, 0.29) is 11.8 Å². The number of hydrogen-bond acceptors (Lipinski definition) is 5. The van der Waals surface area contributed by atoms with Crippen LogP contribution in [-0.4, -0.2) is 47.1 Å². The fourth-order valence-corrected chi connectivity index (χ4v) is 4.34. The maximum absolute atomic E-state index is 13.3. The number of pyridine rings is 1. The molecule has 1 amide bonds. The number of benzene rings is 2. The van der Waals surface area contributed by atoms with Gasteiger partial charge in [0.25, 0.3) is 5.91 Å². The summed E-state index contributed by atoms with van der Waals surface area (Å²) in [6.45, 7) is 3.70. The van der Waals surface area contributed by atoms with E-state index in [1.165, 1.54) is 0 Å². The Labute approximate surface area is 181 Å². The van der Waals surface area contributed by atoms with E-state index in [0.717, 1.165) is 53.6 Å². The summed E-state index contributed by atoms with van der Waals surface area (Å²) in [5.74, 6) is 0.634. The minimum absolute atomic E-state index is 0.000864. The van der Waals surface area contributed by atoms with E-state index in [4.69, 9.17) is 4.74 Å². The van der Waals surface area contributed by atoms with Gasteiger partial charge in [-0.25, -0.2) is 4.98 Å². The maximum atomic E-state index is 13.3. The van der Waals surface area contributed by atoms with E-state index < -0.39 is 5.54 Å². The molecule has 2 heterocycles. The summed E-state index contributed by atoms with van der Waals surface area (Å²) >= 11 is 0. The van der Waals surface area contributed by atoms with Crippen molar-refractivity contribution >= 4 is 16.8 Å².